The van der Waals surface area contributed by atoms with Crippen LogP contribution in [0, 0.1) is 12.8 Å². The van der Waals surface area contributed by atoms with E-state index in [0.29, 0.717) is 6.04 Å². The normalized spacial score (nSPS) is 14.8. The van der Waals surface area contributed by atoms with E-state index in [9.17, 15) is 0 Å². The quantitative estimate of drug-likeness (QED) is 0.760. The van der Waals surface area contributed by atoms with Gasteiger partial charge < -0.3 is 5.32 Å². The lowest BCUT2D eigenvalue weighted by Crippen LogP contribution is -2.22. The largest absolute Gasteiger partial charge is 0.310 e. The molecule has 0 aliphatic carbocycles. The van der Waals surface area contributed by atoms with Gasteiger partial charge in [0.05, 0.1) is 0 Å². The number of nitrogens with one attached hydrogen (secondary N) is 1. The Morgan fingerprint density at radius 2 is 2.00 bits per heavy atom. The van der Waals surface area contributed by atoms with Crippen LogP contribution in [0.5, 0.6) is 0 Å². The average molecular weight is 219 g/mol. The van der Waals surface area contributed by atoms with Gasteiger partial charge in [-0.3, -0.25) is 0 Å². The lowest BCUT2D eigenvalue weighted by molar-refractivity contribution is 0.408. The lowest BCUT2D eigenvalue weighted by Gasteiger charge is -2.22. The predicted molar refractivity (Wildman–Crippen MR) is 71.7 cm³/mol. The Balaban J connectivity index is 2.76. The van der Waals surface area contributed by atoms with Crippen LogP contribution in [0.25, 0.3) is 0 Å². The Bertz CT molecular complexity index is 306. The Kier molecular flexibility index (Phi) is 5.54. The topological polar surface area (TPSA) is 12.0 Å². The molecule has 90 valence electrons. The first-order valence-electron chi connectivity index (χ1n) is 6.47. The predicted octanol–water partition coefficient (Wildman–Crippen LogP) is 4.08. The zero-order chi connectivity index (χ0) is 12.0. The molecule has 0 spiro atoms. The second-order valence-electron chi connectivity index (χ2n) is 4.77. The van der Waals surface area contributed by atoms with Crippen LogP contribution in [-0.2, 0) is 0 Å². The number of benzene rings is 1. The van der Waals surface area contributed by atoms with Gasteiger partial charge in [-0.05, 0) is 31.4 Å². The van der Waals surface area contributed by atoms with Crippen LogP contribution in [0.15, 0.2) is 24.3 Å². The highest BCUT2D eigenvalue weighted by molar-refractivity contribution is 5.25. The summed E-state index contributed by atoms with van der Waals surface area (Å²) in [6.07, 6.45) is 2.49. The summed E-state index contributed by atoms with van der Waals surface area (Å²) in [5.41, 5.74) is 2.78. The second-order valence-corrected chi connectivity index (χ2v) is 4.77. The fraction of sp³-hybridized carbons (Fsp3) is 0.600. The van der Waals surface area contributed by atoms with Gasteiger partial charge >= 0.3 is 0 Å². The summed E-state index contributed by atoms with van der Waals surface area (Å²) >= 11 is 0. The van der Waals surface area contributed by atoms with Crippen molar-refractivity contribution in [1.29, 1.82) is 0 Å². The Morgan fingerprint density at radius 3 is 2.56 bits per heavy atom. The highest BCUT2D eigenvalue weighted by Gasteiger charge is 2.13. The molecule has 2 atom stereocenters. The summed E-state index contributed by atoms with van der Waals surface area (Å²) in [7, 11) is 0. The van der Waals surface area contributed by atoms with E-state index >= 15 is 0 Å². The van der Waals surface area contributed by atoms with Crippen molar-refractivity contribution in [3.63, 3.8) is 0 Å². The van der Waals surface area contributed by atoms with Crippen molar-refractivity contribution < 1.29 is 0 Å². The molecule has 1 heteroatoms. The van der Waals surface area contributed by atoms with Crippen LogP contribution in [0.1, 0.15) is 50.8 Å². The highest BCUT2D eigenvalue weighted by atomic mass is 14.9. The van der Waals surface area contributed by atoms with Gasteiger partial charge in [0.15, 0.2) is 0 Å². The smallest absolute Gasteiger partial charge is 0.0322 e. The minimum atomic E-state index is 0.514. The molecule has 0 aliphatic heterocycles. The van der Waals surface area contributed by atoms with E-state index < -0.39 is 0 Å². The average Bonchev–Trinajstić information content (AvgIpc) is 2.28. The SMILES string of the molecule is CCNC(CC(C)CC)c1cccc(C)c1. The van der Waals surface area contributed by atoms with Crippen molar-refractivity contribution in [2.45, 2.75) is 46.6 Å². The van der Waals surface area contributed by atoms with E-state index in [-0.39, 0.29) is 0 Å². The van der Waals surface area contributed by atoms with Crippen molar-refractivity contribution in [3.05, 3.63) is 35.4 Å². The first-order chi connectivity index (χ1) is 7.67. The minimum absolute atomic E-state index is 0.514. The molecule has 0 aliphatic rings. The van der Waals surface area contributed by atoms with Crippen molar-refractivity contribution in [1.82, 2.24) is 5.32 Å². The molecular formula is C15H25N. The van der Waals surface area contributed by atoms with Crippen LogP contribution in [-0.4, -0.2) is 6.54 Å². The molecule has 0 saturated heterocycles. The zero-order valence-electron chi connectivity index (χ0n) is 11.1. The molecule has 0 amide bonds. The Morgan fingerprint density at radius 1 is 1.25 bits per heavy atom. The van der Waals surface area contributed by atoms with Crippen LogP contribution >= 0.6 is 0 Å². The summed E-state index contributed by atoms with van der Waals surface area (Å²) in [5, 5.41) is 3.59. The number of aryl methyl sites for hydroxylation is 1. The third-order valence-corrected chi connectivity index (χ3v) is 3.23. The summed E-state index contributed by atoms with van der Waals surface area (Å²) in [6.45, 7) is 9.98. The fourth-order valence-corrected chi connectivity index (χ4v) is 2.04. The number of rotatable bonds is 6. The second kappa shape index (κ2) is 6.70. The molecule has 1 nitrogen and oxygen atoms in total. The van der Waals surface area contributed by atoms with E-state index in [0.717, 1.165) is 12.5 Å². The molecule has 0 fully saturated rings. The maximum Gasteiger partial charge on any atom is 0.0322 e. The van der Waals surface area contributed by atoms with Crippen LogP contribution < -0.4 is 5.32 Å². The van der Waals surface area contributed by atoms with Crippen molar-refractivity contribution in [2.75, 3.05) is 6.54 Å². The summed E-state index contributed by atoms with van der Waals surface area (Å²) in [6, 6.07) is 9.37. The van der Waals surface area contributed by atoms with Crippen LogP contribution in [0.2, 0.25) is 0 Å². The van der Waals surface area contributed by atoms with Crippen molar-refractivity contribution in [2.24, 2.45) is 5.92 Å². The Labute approximate surface area is 100 Å². The maximum atomic E-state index is 3.59. The molecule has 0 aromatic heterocycles. The number of hydrogen-bond donors (Lipinski definition) is 1. The molecule has 16 heavy (non-hydrogen) atoms. The lowest BCUT2D eigenvalue weighted by atomic mass is 9.93. The van der Waals surface area contributed by atoms with Gasteiger partial charge in [0, 0.05) is 6.04 Å². The van der Waals surface area contributed by atoms with Crippen molar-refractivity contribution in [3.8, 4) is 0 Å². The maximum absolute atomic E-state index is 3.59. The fourth-order valence-electron chi connectivity index (χ4n) is 2.04. The molecule has 0 saturated carbocycles. The molecule has 1 aromatic rings. The summed E-state index contributed by atoms with van der Waals surface area (Å²) in [5.74, 6) is 0.782. The van der Waals surface area contributed by atoms with Gasteiger partial charge in [-0.1, -0.05) is 57.0 Å². The van der Waals surface area contributed by atoms with Gasteiger partial charge in [-0.25, -0.2) is 0 Å². The van der Waals surface area contributed by atoms with Gasteiger partial charge in [0.2, 0.25) is 0 Å². The van der Waals surface area contributed by atoms with Crippen LogP contribution in [0.4, 0.5) is 0 Å². The third kappa shape index (κ3) is 3.97. The monoisotopic (exact) mass is 219 g/mol. The first-order valence-corrected chi connectivity index (χ1v) is 6.47. The zero-order valence-corrected chi connectivity index (χ0v) is 11.1. The van der Waals surface area contributed by atoms with Gasteiger partial charge in [-0.15, -0.1) is 0 Å². The highest BCUT2D eigenvalue weighted by Crippen LogP contribution is 2.23. The Hall–Kier alpha value is -0.820. The molecular weight excluding hydrogens is 194 g/mol. The van der Waals surface area contributed by atoms with E-state index in [1.165, 1.54) is 24.0 Å². The molecule has 1 rings (SSSR count). The van der Waals surface area contributed by atoms with E-state index in [1.807, 2.05) is 0 Å². The van der Waals surface area contributed by atoms with Gasteiger partial charge in [0.25, 0.3) is 0 Å². The molecule has 0 radical (unpaired) electrons. The van der Waals surface area contributed by atoms with Crippen LogP contribution in [0.3, 0.4) is 0 Å². The van der Waals surface area contributed by atoms with Crippen molar-refractivity contribution >= 4 is 0 Å². The molecule has 2 unspecified atom stereocenters. The number of hydrogen-bond acceptors (Lipinski definition) is 1. The molecule has 1 aromatic carbocycles. The third-order valence-electron chi connectivity index (χ3n) is 3.23. The van der Waals surface area contributed by atoms with E-state index in [1.54, 1.807) is 0 Å². The van der Waals surface area contributed by atoms with E-state index in [4.69, 9.17) is 0 Å². The standard InChI is InChI=1S/C15H25N/c1-5-12(3)11-15(16-6-2)14-9-7-8-13(4)10-14/h7-10,12,15-16H,5-6,11H2,1-4H3. The van der Waals surface area contributed by atoms with Gasteiger partial charge in [-0.2, -0.15) is 0 Å². The summed E-state index contributed by atoms with van der Waals surface area (Å²) < 4.78 is 0. The molecule has 0 bridgehead atoms. The first kappa shape index (κ1) is 13.2. The molecule has 0 heterocycles. The van der Waals surface area contributed by atoms with Gasteiger partial charge in [0.1, 0.15) is 0 Å². The van der Waals surface area contributed by atoms with E-state index in [2.05, 4.69) is 57.3 Å². The molecule has 1 N–H and O–H groups in total. The summed E-state index contributed by atoms with van der Waals surface area (Å²) in [4.78, 5) is 0. The minimum Gasteiger partial charge on any atom is -0.310 e.